The number of pyridine rings is 1. The second-order valence-corrected chi connectivity index (χ2v) is 4.27. The van der Waals surface area contributed by atoms with Crippen LogP contribution in [0.2, 0.25) is 0 Å². The number of aromatic nitrogens is 1. The molecule has 1 atom stereocenters. The number of unbranched alkanes of at least 4 members (excludes halogenated alkanes) is 1. The highest BCUT2D eigenvalue weighted by Gasteiger charge is 2.13. The van der Waals surface area contributed by atoms with Crippen molar-refractivity contribution in [2.75, 3.05) is 24.6 Å². The monoisotopic (exact) mass is 237 g/mol. The van der Waals surface area contributed by atoms with Gasteiger partial charge in [-0.25, -0.2) is 4.98 Å². The average molecular weight is 237 g/mol. The highest BCUT2D eigenvalue weighted by atomic mass is 16.3. The molecular formula is C13H23N3O. The summed E-state index contributed by atoms with van der Waals surface area (Å²) in [7, 11) is 0. The van der Waals surface area contributed by atoms with Crippen LogP contribution in [0, 0.1) is 0 Å². The van der Waals surface area contributed by atoms with Crippen LogP contribution in [0.5, 0.6) is 0 Å². The summed E-state index contributed by atoms with van der Waals surface area (Å²) in [5, 5.41) is 9.13. The summed E-state index contributed by atoms with van der Waals surface area (Å²) in [4.78, 5) is 6.52. The number of nitrogens with zero attached hydrogens (tertiary/aromatic N) is 2. The standard InChI is InChI=1S/C13H23N3O/c1-3-4-8-16(9-10-17)13-12(11(2)14)6-5-7-15-13/h5-7,11,17H,3-4,8-10,14H2,1-2H3. The van der Waals surface area contributed by atoms with E-state index in [0.29, 0.717) is 6.54 Å². The molecule has 1 unspecified atom stereocenters. The third kappa shape index (κ3) is 3.98. The van der Waals surface area contributed by atoms with Crippen molar-refractivity contribution in [3.05, 3.63) is 23.9 Å². The summed E-state index contributed by atoms with van der Waals surface area (Å²) < 4.78 is 0. The van der Waals surface area contributed by atoms with Gasteiger partial charge in [0.1, 0.15) is 5.82 Å². The molecule has 96 valence electrons. The molecule has 4 heteroatoms. The lowest BCUT2D eigenvalue weighted by molar-refractivity contribution is 0.301. The Kier molecular flexibility index (Phi) is 5.94. The molecule has 0 amide bonds. The SMILES string of the molecule is CCCCN(CCO)c1ncccc1C(C)N. The Bertz CT molecular complexity index is 328. The average Bonchev–Trinajstić information content (AvgIpc) is 2.34. The second kappa shape index (κ2) is 7.25. The molecule has 0 aliphatic carbocycles. The van der Waals surface area contributed by atoms with Crippen molar-refractivity contribution in [1.82, 2.24) is 4.98 Å². The first-order chi connectivity index (χ1) is 8.20. The number of aliphatic hydroxyl groups excluding tert-OH is 1. The van der Waals surface area contributed by atoms with Gasteiger partial charge in [-0.1, -0.05) is 19.4 Å². The summed E-state index contributed by atoms with van der Waals surface area (Å²) in [5.74, 6) is 0.907. The first-order valence-corrected chi connectivity index (χ1v) is 6.27. The van der Waals surface area contributed by atoms with Crippen LogP contribution in [-0.4, -0.2) is 29.8 Å². The molecule has 1 aromatic heterocycles. The fraction of sp³-hybridized carbons (Fsp3) is 0.615. The zero-order chi connectivity index (χ0) is 12.7. The predicted molar refractivity (Wildman–Crippen MR) is 71.0 cm³/mol. The first-order valence-electron chi connectivity index (χ1n) is 6.27. The fourth-order valence-corrected chi connectivity index (χ4v) is 1.82. The molecule has 17 heavy (non-hydrogen) atoms. The molecule has 0 saturated carbocycles. The zero-order valence-electron chi connectivity index (χ0n) is 10.8. The molecule has 0 spiro atoms. The van der Waals surface area contributed by atoms with Gasteiger partial charge >= 0.3 is 0 Å². The van der Waals surface area contributed by atoms with Gasteiger partial charge in [0.2, 0.25) is 0 Å². The van der Waals surface area contributed by atoms with E-state index in [0.717, 1.165) is 30.8 Å². The molecule has 0 bridgehead atoms. The Morgan fingerprint density at radius 3 is 2.82 bits per heavy atom. The number of rotatable bonds is 7. The predicted octanol–water partition coefficient (Wildman–Crippen LogP) is 1.70. The van der Waals surface area contributed by atoms with Gasteiger partial charge in [0.05, 0.1) is 6.61 Å². The summed E-state index contributed by atoms with van der Waals surface area (Å²) in [6.45, 7) is 5.77. The minimum Gasteiger partial charge on any atom is -0.395 e. The Labute approximate surface area is 103 Å². The van der Waals surface area contributed by atoms with E-state index in [2.05, 4.69) is 16.8 Å². The molecule has 4 nitrogen and oxygen atoms in total. The second-order valence-electron chi connectivity index (χ2n) is 4.27. The summed E-state index contributed by atoms with van der Waals surface area (Å²) in [6, 6.07) is 3.86. The van der Waals surface area contributed by atoms with E-state index < -0.39 is 0 Å². The summed E-state index contributed by atoms with van der Waals surface area (Å²) in [6.07, 6.45) is 3.99. The fourth-order valence-electron chi connectivity index (χ4n) is 1.82. The van der Waals surface area contributed by atoms with Gasteiger partial charge in [-0.05, 0) is 19.4 Å². The van der Waals surface area contributed by atoms with E-state index in [1.807, 2.05) is 19.1 Å². The van der Waals surface area contributed by atoms with Gasteiger partial charge in [0.15, 0.2) is 0 Å². The molecule has 0 aromatic carbocycles. The third-order valence-corrected chi connectivity index (χ3v) is 2.76. The van der Waals surface area contributed by atoms with Crippen LogP contribution < -0.4 is 10.6 Å². The van der Waals surface area contributed by atoms with Crippen LogP contribution >= 0.6 is 0 Å². The van der Waals surface area contributed by atoms with Crippen LogP contribution in [0.1, 0.15) is 38.3 Å². The Morgan fingerprint density at radius 2 is 2.24 bits per heavy atom. The van der Waals surface area contributed by atoms with E-state index in [-0.39, 0.29) is 12.6 Å². The van der Waals surface area contributed by atoms with Crippen molar-refractivity contribution in [1.29, 1.82) is 0 Å². The minimum absolute atomic E-state index is 0.0403. The zero-order valence-corrected chi connectivity index (χ0v) is 10.8. The molecule has 0 aliphatic heterocycles. The third-order valence-electron chi connectivity index (χ3n) is 2.76. The Hall–Kier alpha value is -1.13. The van der Waals surface area contributed by atoms with Crippen molar-refractivity contribution in [2.24, 2.45) is 5.73 Å². The molecule has 0 aliphatic rings. The van der Waals surface area contributed by atoms with E-state index in [4.69, 9.17) is 10.8 Å². The Morgan fingerprint density at radius 1 is 1.47 bits per heavy atom. The highest BCUT2D eigenvalue weighted by molar-refractivity contribution is 5.48. The topological polar surface area (TPSA) is 62.4 Å². The maximum absolute atomic E-state index is 9.13. The lowest BCUT2D eigenvalue weighted by Gasteiger charge is -2.26. The van der Waals surface area contributed by atoms with E-state index >= 15 is 0 Å². The molecule has 1 rings (SSSR count). The molecule has 0 fully saturated rings. The molecular weight excluding hydrogens is 214 g/mol. The van der Waals surface area contributed by atoms with Crippen molar-refractivity contribution >= 4 is 5.82 Å². The van der Waals surface area contributed by atoms with Gasteiger partial charge in [0, 0.05) is 30.9 Å². The smallest absolute Gasteiger partial charge is 0.133 e. The number of nitrogens with two attached hydrogens (primary N) is 1. The summed E-state index contributed by atoms with van der Waals surface area (Å²) in [5.41, 5.74) is 6.99. The number of anilines is 1. The minimum atomic E-state index is -0.0403. The number of aliphatic hydroxyl groups is 1. The first kappa shape index (κ1) is 13.9. The molecule has 1 heterocycles. The highest BCUT2D eigenvalue weighted by Crippen LogP contribution is 2.22. The van der Waals surface area contributed by atoms with Gasteiger partial charge < -0.3 is 15.7 Å². The lowest BCUT2D eigenvalue weighted by Crippen LogP contribution is -2.30. The molecule has 1 aromatic rings. The molecule has 3 N–H and O–H groups in total. The van der Waals surface area contributed by atoms with Crippen LogP contribution in [-0.2, 0) is 0 Å². The van der Waals surface area contributed by atoms with Gasteiger partial charge in [-0.2, -0.15) is 0 Å². The van der Waals surface area contributed by atoms with Crippen LogP contribution in [0.15, 0.2) is 18.3 Å². The normalized spacial score (nSPS) is 12.5. The molecule has 0 radical (unpaired) electrons. The maximum atomic E-state index is 9.13. The van der Waals surface area contributed by atoms with Crippen LogP contribution in [0.3, 0.4) is 0 Å². The largest absolute Gasteiger partial charge is 0.395 e. The van der Waals surface area contributed by atoms with Crippen molar-refractivity contribution in [3.8, 4) is 0 Å². The van der Waals surface area contributed by atoms with E-state index in [1.165, 1.54) is 0 Å². The van der Waals surface area contributed by atoms with Crippen LogP contribution in [0.4, 0.5) is 5.82 Å². The quantitative estimate of drug-likeness (QED) is 0.757. The summed E-state index contributed by atoms with van der Waals surface area (Å²) >= 11 is 0. The van der Waals surface area contributed by atoms with Gasteiger partial charge in [-0.3, -0.25) is 0 Å². The van der Waals surface area contributed by atoms with Crippen LogP contribution in [0.25, 0.3) is 0 Å². The van der Waals surface area contributed by atoms with Crippen molar-refractivity contribution in [3.63, 3.8) is 0 Å². The van der Waals surface area contributed by atoms with E-state index in [9.17, 15) is 0 Å². The van der Waals surface area contributed by atoms with E-state index in [1.54, 1.807) is 6.20 Å². The number of hydrogen-bond acceptors (Lipinski definition) is 4. The molecule has 0 saturated heterocycles. The van der Waals surface area contributed by atoms with Crippen molar-refractivity contribution in [2.45, 2.75) is 32.7 Å². The van der Waals surface area contributed by atoms with Crippen molar-refractivity contribution < 1.29 is 5.11 Å². The number of hydrogen-bond donors (Lipinski definition) is 2. The lowest BCUT2D eigenvalue weighted by atomic mass is 10.1. The van der Waals surface area contributed by atoms with Gasteiger partial charge in [-0.15, -0.1) is 0 Å². The van der Waals surface area contributed by atoms with Gasteiger partial charge in [0.25, 0.3) is 0 Å². The maximum Gasteiger partial charge on any atom is 0.133 e. The Balaban J connectivity index is 2.91.